The van der Waals surface area contributed by atoms with Crippen LogP contribution < -0.4 is 11.1 Å². The van der Waals surface area contributed by atoms with Gasteiger partial charge in [0.2, 0.25) is 0 Å². The number of hydrogen-bond acceptors (Lipinski definition) is 2. The largest absolute Gasteiger partial charge is 0.399 e. The van der Waals surface area contributed by atoms with E-state index >= 15 is 0 Å². The first-order valence-electron chi connectivity index (χ1n) is 7.82. The average molecular weight is 285 g/mol. The number of nitrogen functional groups attached to an aromatic ring is 1. The molecule has 0 saturated heterocycles. The number of H-pyrrole nitrogens is 1. The van der Waals surface area contributed by atoms with Gasteiger partial charge in [-0.3, -0.25) is 4.79 Å². The van der Waals surface area contributed by atoms with Gasteiger partial charge in [-0.05, 0) is 49.9 Å². The summed E-state index contributed by atoms with van der Waals surface area (Å²) in [6.45, 7) is 2.12. The lowest BCUT2D eigenvalue weighted by Gasteiger charge is -2.28. The van der Waals surface area contributed by atoms with E-state index in [9.17, 15) is 4.79 Å². The van der Waals surface area contributed by atoms with Crippen LogP contribution in [0.3, 0.4) is 0 Å². The van der Waals surface area contributed by atoms with Crippen molar-refractivity contribution in [1.82, 2.24) is 10.3 Å². The molecule has 4 heteroatoms. The Morgan fingerprint density at radius 2 is 2.05 bits per heavy atom. The number of nitrogens with one attached hydrogen (secondary N) is 2. The van der Waals surface area contributed by atoms with Gasteiger partial charge >= 0.3 is 0 Å². The summed E-state index contributed by atoms with van der Waals surface area (Å²) in [6.07, 6.45) is 6.36. The number of nitrogens with two attached hydrogens (primary N) is 1. The van der Waals surface area contributed by atoms with Crippen molar-refractivity contribution in [1.29, 1.82) is 0 Å². The number of aromatic nitrogens is 1. The number of hydrogen-bond donors (Lipinski definition) is 3. The zero-order valence-corrected chi connectivity index (χ0v) is 12.5. The molecule has 2 aromatic rings. The molecule has 1 unspecified atom stereocenters. The highest BCUT2D eigenvalue weighted by Crippen LogP contribution is 2.26. The van der Waals surface area contributed by atoms with E-state index in [1.807, 2.05) is 24.3 Å². The highest BCUT2D eigenvalue weighted by molar-refractivity contribution is 5.98. The average Bonchev–Trinajstić information content (AvgIpc) is 2.91. The SMILES string of the molecule is CC(NC(=O)c1cc2cc(N)ccc2[nH]1)C1CCCCC1. The molecule has 1 saturated carbocycles. The van der Waals surface area contributed by atoms with Crippen LogP contribution in [0.5, 0.6) is 0 Å². The van der Waals surface area contributed by atoms with E-state index in [1.165, 1.54) is 32.1 Å². The molecule has 1 atom stereocenters. The van der Waals surface area contributed by atoms with E-state index in [4.69, 9.17) is 5.73 Å². The predicted octanol–water partition coefficient (Wildman–Crippen LogP) is 3.45. The third-order valence-electron chi connectivity index (χ3n) is 4.61. The zero-order chi connectivity index (χ0) is 14.8. The van der Waals surface area contributed by atoms with Gasteiger partial charge in [-0.2, -0.15) is 0 Å². The van der Waals surface area contributed by atoms with E-state index in [0.717, 1.165) is 10.9 Å². The smallest absolute Gasteiger partial charge is 0.267 e. The lowest BCUT2D eigenvalue weighted by atomic mass is 9.84. The Bertz CT molecular complexity index is 641. The maximum Gasteiger partial charge on any atom is 0.267 e. The molecule has 0 spiro atoms. The van der Waals surface area contributed by atoms with Gasteiger partial charge in [0.1, 0.15) is 5.69 Å². The number of rotatable bonds is 3. The molecule has 0 bridgehead atoms. The van der Waals surface area contributed by atoms with Crippen molar-refractivity contribution in [2.24, 2.45) is 5.92 Å². The van der Waals surface area contributed by atoms with Crippen LogP contribution in [0.2, 0.25) is 0 Å². The monoisotopic (exact) mass is 285 g/mol. The maximum absolute atomic E-state index is 12.4. The van der Waals surface area contributed by atoms with Crippen LogP contribution >= 0.6 is 0 Å². The molecular formula is C17H23N3O. The summed E-state index contributed by atoms with van der Waals surface area (Å²) in [6, 6.07) is 7.73. The molecule has 0 aliphatic heterocycles. The second-order valence-corrected chi connectivity index (χ2v) is 6.19. The summed E-state index contributed by atoms with van der Waals surface area (Å²) < 4.78 is 0. The molecule has 1 aliphatic carbocycles. The Labute approximate surface area is 125 Å². The molecule has 1 fully saturated rings. The number of aromatic amines is 1. The molecule has 1 aromatic carbocycles. The third kappa shape index (κ3) is 3.04. The first kappa shape index (κ1) is 14.0. The van der Waals surface area contributed by atoms with Crippen LogP contribution in [0.25, 0.3) is 10.9 Å². The molecule has 0 radical (unpaired) electrons. The van der Waals surface area contributed by atoms with Crippen LogP contribution in [-0.4, -0.2) is 16.9 Å². The molecule has 1 aromatic heterocycles. The number of carbonyl (C=O) groups excluding carboxylic acids is 1. The Morgan fingerprint density at radius 3 is 2.81 bits per heavy atom. The minimum atomic E-state index is -0.0251. The van der Waals surface area contributed by atoms with Gasteiger partial charge in [-0.1, -0.05) is 19.3 Å². The topological polar surface area (TPSA) is 70.9 Å². The minimum absolute atomic E-state index is 0.0251. The van der Waals surface area contributed by atoms with Crippen molar-refractivity contribution in [2.45, 2.75) is 45.1 Å². The second-order valence-electron chi connectivity index (χ2n) is 6.19. The van der Waals surface area contributed by atoms with E-state index in [2.05, 4.69) is 17.2 Å². The summed E-state index contributed by atoms with van der Waals surface area (Å²) >= 11 is 0. The molecular weight excluding hydrogens is 262 g/mol. The quantitative estimate of drug-likeness (QED) is 0.756. The molecule has 3 rings (SSSR count). The van der Waals surface area contributed by atoms with E-state index < -0.39 is 0 Å². The highest BCUT2D eigenvalue weighted by atomic mass is 16.1. The number of amides is 1. The Balaban J connectivity index is 1.71. The molecule has 4 nitrogen and oxygen atoms in total. The second kappa shape index (κ2) is 5.80. The van der Waals surface area contributed by atoms with Crippen LogP contribution in [0.4, 0.5) is 5.69 Å². The fourth-order valence-corrected chi connectivity index (χ4v) is 3.31. The normalized spacial score (nSPS) is 17.8. The molecule has 1 amide bonds. The van der Waals surface area contributed by atoms with Gasteiger partial charge in [-0.25, -0.2) is 0 Å². The highest BCUT2D eigenvalue weighted by Gasteiger charge is 2.22. The summed E-state index contributed by atoms with van der Waals surface area (Å²) in [4.78, 5) is 15.5. The van der Waals surface area contributed by atoms with E-state index in [-0.39, 0.29) is 11.9 Å². The van der Waals surface area contributed by atoms with Crippen LogP contribution in [0, 0.1) is 5.92 Å². The lowest BCUT2D eigenvalue weighted by molar-refractivity contribution is 0.0915. The fraction of sp³-hybridized carbons (Fsp3) is 0.471. The van der Waals surface area contributed by atoms with Crippen molar-refractivity contribution in [2.75, 3.05) is 5.73 Å². The Kier molecular flexibility index (Phi) is 3.86. The first-order valence-corrected chi connectivity index (χ1v) is 7.82. The van der Waals surface area contributed by atoms with Gasteiger partial charge in [0, 0.05) is 22.6 Å². The first-order chi connectivity index (χ1) is 10.1. The Morgan fingerprint density at radius 1 is 1.29 bits per heavy atom. The van der Waals surface area contributed by atoms with Gasteiger partial charge in [0.15, 0.2) is 0 Å². The summed E-state index contributed by atoms with van der Waals surface area (Å²) in [7, 11) is 0. The van der Waals surface area contributed by atoms with Gasteiger partial charge in [0.05, 0.1) is 0 Å². The van der Waals surface area contributed by atoms with E-state index in [1.54, 1.807) is 0 Å². The molecule has 4 N–H and O–H groups in total. The molecule has 1 aliphatic rings. The molecule has 1 heterocycles. The van der Waals surface area contributed by atoms with Gasteiger partial charge in [0.25, 0.3) is 5.91 Å². The van der Waals surface area contributed by atoms with Crippen LogP contribution in [-0.2, 0) is 0 Å². The van der Waals surface area contributed by atoms with Crippen molar-refractivity contribution in [3.63, 3.8) is 0 Å². The maximum atomic E-state index is 12.4. The number of carbonyl (C=O) groups is 1. The van der Waals surface area contributed by atoms with Crippen LogP contribution in [0.1, 0.15) is 49.5 Å². The summed E-state index contributed by atoms with van der Waals surface area (Å²) in [5, 5.41) is 4.12. The lowest BCUT2D eigenvalue weighted by Crippen LogP contribution is -2.39. The third-order valence-corrected chi connectivity index (χ3v) is 4.61. The van der Waals surface area contributed by atoms with Crippen molar-refractivity contribution in [3.05, 3.63) is 30.0 Å². The van der Waals surface area contributed by atoms with Gasteiger partial charge < -0.3 is 16.0 Å². The molecule has 112 valence electrons. The van der Waals surface area contributed by atoms with Crippen molar-refractivity contribution in [3.8, 4) is 0 Å². The summed E-state index contributed by atoms with van der Waals surface area (Å²) in [5.41, 5.74) is 8.04. The van der Waals surface area contributed by atoms with Gasteiger partial charge in [-0.15, -0.1) is 0 Å². The summed E-state index contributed by atoms with van der Waals surface area (Å²) in [5.74, 6) is 0.588. The minimum Gasteiger partial charge on any atom is -0.399 e. The standard InChI is InChI=1S/C17H23N3O/c1-11(12-5-3-2-4-6-12)19-17(21)16-10-13-9-14(18)7-8-15(13)20-16/h7-12,20H,2-6,18H2,1H3,(H,19,21). The number of benzene rings is 1. The zero-order valence-electron chi connectivity index (χ0n) is 12.5. The number of fused-ring (bicyclic) bond motifs is 1. The number of anilines is 1. The fourth-order valence-electron chi connectivity index (χ4n) is 3.31. The molecule has 21 heavy (non-hydrogen) atoms. The predicted molar refractivity (Wildman–Crippen MR) is 86.2 cm³/mol. The van der Waals surface area contributed by atoms with Crippen molar-refractivity contribution >= 4 is 22.5 Å². The Hall–Kier alpha value is -1.97. The van der Waals surface area contributed by atoms with E-state index in [0.29, 0.717) is 17.3 Å². The van der Waals surface area contributed by atoms with Crippen molar-refractivity contribution < 1.29 is 4.79 Å². The van der Waals surface area contributed by atoms with Crippen LogP contribution in [0.15, 0.2) is 24.3 Å².